The van der Waals surface area contributed by atoms with Crippen molar-refractivity contribution >= 4 is 53.4 Å². The van der Waals surface area contributed by atoms with Crippen LogP contribution < -0.4 is 0 Å². The number of rotatable bonds is 3. The molecule has 0 aliphatic heterocycles. The van der Waals surface area contributed by atoms with Gasteiger partial charge in [-0.25, -0.2) is 0 Å². The molecule has 1 aromatic carbocycles. The fraction of sp³-hybridized carbons (Fsp3) is 0.200. The molecule has 0 N–H and O–H groups in total. The molecule has 0 unspecified atom stereocenters. The Morgan fingerprint density at radius 3 is 2.23 bits per heavy atom. The molecular weight excluding hydrogens is 360 g/mol. The van der Waals surface area contributed by atoms with Gasteiger partial charge in [-0.3, -0.25) is 0 Å². The highest BCUT2D eigenvalue weighted by atomic mass is 79.9. The van der Waals surface area contributed by atoms with Crippen molar-refractivity contribution in [3.63, 3.8) is 0 Å². The average molecular weight is 369 g/mol. The fourth-order valence-electron chi connectivity index (χ4n) is 1.01. The maximum absolute atomic E-state index is 3.47. The zero-order valence-electron chi connectivity index (χ0n) is 6.93. The van der Waals surface area contributed by atoms with Crippen LogP contribution in [-0.4, -0.2) is 10.7 Å². The van der Waals surface area contributed by atoms with E-state index in [2.05, 4.69) is 78.1 Å². The molecule has 0 saturated heterocycles. The Morgan fingerprint density at radius 2 is 1.77 bits per heavy atom. The highest BCUT2D eigenvalue weighted by molar-refractivity contribution is 9.10. The quantitative estimate of drug-likeness (QED) is 0.683. The number of benzene rings is 1. The van der Waals surface area contributed by atoms with Crippen LogP contribution in [0.3, 0.4) is 0 Å². The Kier molecular flexibility index (Phi) is 5.29. The molecule has 70 valence electrons. The lowest BCUT2D eigenvalue weighted by Crippen LogP contribution is -1.85. The molecule has 13 heavy (non-hydrogen) atoms. The number of hydrogen-bond donors (Lipinski definition) is 0. The summed E-state index contributed by atoms with van der Waals surface area (Å²) in [6, 6.07) is 8.33. The fourth-order valence-corrected chi connectivity index (χ4v) is 2.21. The van der Waals surface area contributed by atoms with E-state index in [-0.39, 0.29) is 0 Å². The highest BCUT2D eigenvalue weighted by Crippen LogP contribution is 2.19. The number of halogens is 3. The molecule has 0 amide bonds. The first kappa shape index (κ1) is 11.5. The summed E-state index contributed by atoms with van der Waals surface area (Å²) < 4.78 is 1.11. The molecule has 0 aromatic heterocycles. The molecule has 0 saturated carbocycles. The molecule has 0 radical (unpaired) electrons. The summed E-state index contributed by atoms with van der Waals surface area (Å²) in [6.07, 6.45) is 2.16. The van der Waals surface area contributed by atoms with E-state index in [1.54, 1.807) is 0 Å². The molecule has 0 heterocycles. The number of allylic oxidation sites excluding steroid dienone is 2. The summed E-state index contributed by atoms with van der Waals surface area (Å²) in [5.41, 5.74) is 2.57. The van der Waals surface area contributed by atoms with Gasteiger partial charge in [0, 0.05) is 15.1 Å². The molecular formula is C10H9Br3. The van der Waals surface area contributed by atoms with Crippen LogP contribution in [0.1, 0.15) is 5.56 Å². The molecule has 0 bridgehead atoms. The standard InChI is InChI=1S/C10H9Br3/c11-6-5-9(7-12)8-1-3-10(13)4-2-8/h1-5H,6-7H2. The summed E-state index contributed by atoms with van der Waals surface area (Å²) >= 11 is 10.3. The van der Waals surface area contributed by atoms with E-state index in [0.29, 0.717) is 0 Å². The maximum atomic E-state index is 3.47. The SMILES string of the molecule is BrCC=C(CBr)c1ccc(Br)cc1. The maximum Gasteiger partial charge on any atom is 0.0286 e. The summed E-state index contributed by atoms with van der Waals surface area (Å²) in [4.78, 5) is 0. The minimum Gasteiger partial charge on any atom is -0.0883 e. The van der Waals surface area contributed by atoms with Crippen LogP contribution in [0.2, 0.25) is 0 Å². The second-order valence-electron chi connectivity index (χ2n) is 2.52. The van der Waals surface area contributed by atoms with Gasteiger partial charge in [-0.2, -0.15) is 0 Å². The molecule has 1 aromatic rings. The van der Waals surface area contributed by atoms with Gasteiger partial charge in [0.2, 0.25) is 0 Å². The van der Waals surface area contributed by atoms with Crippen molar-refractivity contribution in [3.05, 3.63) is 40.4 Å². The van der Waals surface area contributed by atoms with Gasteiger partial charge in [-0.05, 0) is 23.3 Å². The lowest BCUT2D eigenvalue weighted by Gasteiger charge is -2.03. The predicted octanol–water partition coefficient (Wildman–Crippen LogP) is 4.62. The normalized spacial score (nSPS) is 11.8. The van der Waals surface area contributed by atoms with Crippen LogP contribution >= 0.6 is 47.8 Å². The first-order valence-corrected chi connectivity index (χ1v) is 6.88. The van der Waals surface area contributed by atoms with Gasteiger partial charge in [-0.1, -0.05) is 66.0 Å². The summed E-state index contributed by atoms with van der Waals surface area (Å²) in [6.45, 7) is 0. The third-order valence-electron chi connectivity index (χ3n) is 1.68. The van der Waals surface area contributed by atoms with Crippen molar-refractivity contribution in [1.29, 1.82) is 0 Å². The van der Waals surface area contributed by atoms with E-state index in [1.165, 1.54) is 11.1 Å². The first-order chi connectivity index (χ1) is 6.27. The van der Waals surface area contributed by atoms with Crippen molar-refractivity contribution in [1.82, 2.24) is 0 Å². The third-order valence-corrected chi connectivity index (χ3v) is 3.14. The summed E-state index contributed by atoms with van der Waals surface area (Å²) in [7, 11) is 0. The van der Waals surface area contributed by atoms with Crippen LogP contribution in [-0.2, 0) is 0 Å². The Labute approximate surface area is 104 Å². The van der Waals surface area contributed by atoms with Gasteiger partial charge in [0.1, 0.15) is 0 Å². The van der Waals surface area contributed by atoms with E-state index >= 15 is 0 Å². The Morgan fingerprint density at radius 1 is 1.15 bits per heavy atom. The second kappa shape index (κ2) is 5.99. The Balaban J connectivity index is 2.92. The predicted molar refractivity (Wildman–Crippen MR) is 69.7 cm³/mol. The summed E-state index contributed by atoms with van der Waals surface area (Å²) in [5, 5.41) is 1.78. The molecule has 0 nitrogen and oxygen atoms in total. The molecule has 0 spiro atoms. The van der Waals surface area contributed by atoms with Crippen LogP contribution in [0.25, 0.3) is 5.57 Å². The average Bonchev–Trinajstić information content (AvgIpc) is 2.16. The van der Waals surface area contributed by atoms with Crippen molar-refractivity contribution in [2.24, 2.45) is 0 Å². The van der Waals surface area contributed by atoms with E-state index < -0.39 is 0 Å². The first-order valence-electron chi connectivity index (χ1n) is 3.85. The van der Waals surface area contributed by atoms with Crippen LogP contribution in [0, 0.1) is 0 Å². The minimum atomic E-state index is 0.889. The lowest BCUT2D eigenvalue weighted by molar-refractivity contribution is 1.54. The van der Waals surface area contributed by atoms with E-state index in [1.807, 2.05) is 0 Å². The molecule has 0 atom stereocenters. The molecule has 1 rings (SSSR count). The van der Waals surface area contributed by atoms with Gasteiger partial charge in [-0.15, -0.1) is 0 Å². The van der Waals surface area contributed by atoms with E-state index in [0.717, 1.165) is 15.1 Å². The van der Waals surface area contributed by atoms with Gasteiger partial charge in [0.15, 0.2) is 0 Å². The monoisotopic (exact) mass is 366 g/mol. The van der Waals surface area contributed by atoms with Gasteiger partial charge < -0.3 is 0 Å². The van der Waals surface area contributed by atoms with Gasteiger partial charge >= 0.3 is 0 Å². The smallest absolute Gasteiger partial charge is 0.0286 e. The minimum absolute atomic E-state index is 0.889. The lowest BCUT2D eigenvalue weighted by atomic mass is 10.1. The number of hydrogen-bond acceptors (Lipinski definition) is 0. The second-order valence-corrected chi connectivity index (χ2v) is 4.65. The topological polar surface area (TPSA) is 0 Å². The summed E-state index contributed by atoms with van der Waals surface area (Å²) in [5.74, 6) is 0. The van der Waals surface area contributed by atoms with E-state index in [4.69, 9.17) is 0 Å². The van der Waals surface area contributed by atoms with Crippen LogP contribution in [0.15, 0.2) is 34.8 Å². The Bertz CT molecular complexity index is 288. The Hall–Kier alpha value is 0.400. The number of alkyl halides is 2. The van der Waals surface area contributed by atoms with Gasteiger partial charge in [0.05, 0.1) is 0 Å². The van der Waals surface area contributed by atoms with Crippen molar-refractivity contribution in [3.8, 4) is 0 Å². The molecule has 0 aliphatic rings. The van der Waals surface area contributed by atoms with Crippen LogP contribution in [0.4, 0.5) is 0 Å². The van der Waals surface area contributed by atoms with Crippen molar-refractivity contribution < 1.29 is 0 Å². The highest BCUT2D eigenvalue weighted by Gasteiger charge is 1.98. The van der Waals surface area contributed by atoms with E-state index in [9.17, 15) is 0 Å². The third kappa shape index (κ3) is 3.56. The molecule has 0 fully saturated rings. The van der Waals surface area contributed by atoms with Gasteiger partial charge in [0.25, 0.3) is 0 Å². The largest absolute Gasteiger partial charge is 0.0883 e. The van der Waals surface area contributed by atoms with Crippen LogP contribution in [0.5, 0.6) is 0 Å². The van der Waals surface area contributed by atoms with Crippen molar-refractivity contribution in [2.75, 3.05) is 10.7 Å². The zero-order valence-corrected chi connectivity index (χ0v) is 11.7. The molecule has 3 heteroatoms. The van der Waals surface area contributed by atoms with Crippen molar-refractivity contribution in [2.45, 2.75) is 0 Å². The molecule has 0 aliphatic carbocycles. The zero-order chi connectivity index (χ0) is 9.68.